The smallest absolute Gasteiger partial charge is 0.309 e. The van der Waals surface area contributed by atoms with Gasteiger partial charge in [0, 0.05) is 11.5 Å². The monoisotopic (exact) mass is 547 g/mol. The van der Waals surface area contributed by atoms with Crippen molar-refractivity contribution >= 4 is 57.0 Å². The molecule has 2 aliphatic rings. The van der Waals surface area contributed by atoms with Crippen molar-refractivity contribution in [1.29, 1.82) is 0 Å². The number of ether oxygens (including phenoxy) is 1. The molecule has 1 saturated heterocycles. The molecule has 35 heavy (non-hydrogen) atoms. The fourth-order valence-electron chi connectivity index (χ4n) is 3.74. The number of hydrogen-bond donors (Lipinski definition) is 4. The SMILES string of the molecule is CCC(C)[C@H]1NC(=O)[C@H]2CSSCCC=C[C@H](CC(=O)N[C@H](CCSC)C(=O)N2)OC(=O)C[C@@H]1O. The summed E-state index contributed by atoms with van der Waals surface area (Å²) in [5, 5.41) is 19.3. The van der Waals surface area contributed by atoms with Gasteiger partial charge in [0.25, 0.3) is 0 Å². The summed E-state index contributed by atoms with van der Waals surface area (Å²) in [6.45, 7) is 3.82. The second-order valence-corrected chi connectivity index (χ2v) is 12.3. The molecule has 4 N–H and O–H groups in total. The van der Waals surface area contributed by atoms with Gasteiger partial charge in [-0.3, -0.25) is 19.2 Å². The number of thioether (sulfide) groups is 1. The minimum absolute atomic E-state index is 0.122. The van der Waals surface area contributed by atoms with Crippen molar-refractivity contribution in [2.24, 2.45) is 5.92 Å². The number of esters is 1. The van der Waals surface area contributed by atoms with Crippen LogP contribution in [0.5, 0.6) is 0 Å². The average molecular weight is 548 g/mol. The summed E-state index contributed by atoms with van der Waals surface area (Å²) in [5.74, 6) is -0.362. The van der Waals surface area contributed by atoms with Gasteiger partial charge in [-0.05, 0) is 36.8 Å². The summed E-state index contributed by atoms with van der Waals surface area (Å²) in [4.78, 5) is 51.9. The Kier molecular flexibility index (Phi) is 13.4. The van der Waals surface area contributed by atoms with E-state index in [1.54, 1.807) is 28.6 Å². The highest BCUT2D eigenvalue weighted by molar-refractivity contribution is 8.76. The Labute approximate surface area is 219 Å². The highest BCUT2D eigenvalue weighted by Crippen LogP contribution is 2.24. The molecule has 0 spiro atoms. The highest BCUT2D eigenvalue weighted by atomic mass is 33.1. The van der Waals surface area contributed by atoms with Gasteiger partial charge in [0.15, 0.2) is 0 Å². The minimum Gasteiger partial charge on any atom is -0.457 e. The molecule has 3 amide bonds. The van der Waals surface area contributed by atoms with Gasteiger partial charge in [-0.25, -0.2) is 0 Å². The first-order valence-corrected chi connectivity index (χ1v) is 15.8. The molecular formula is C23H37N3O6S3. The van der Waals surface area contributed by atoms with Crippen LogP contribution in [0.4, 0.5) is 0 Å². The Hall–Kier alpha value is -1.37. The van der Waals surface area contributed by atoms with Crippen molar-refractivity contribution in [3.05, 3.63) is 12.2 Å². The summed E-state index contributed by atoms with van der Waals surface area (Å²) in [6.07, 6.45) is 4.75. The first-order chi connectivity index (χ1) is 16.7. The molecule has 0 aromatic carbocycles. The Balaban J connectivity index is 2.46. The number of aliphatic hydroxyl groups excluding tert-OH is 1. The molecule has 2 aliphatic heterocycles. The Morgan fingerprint density at radius 2 is 1.91 bits per heavy atom. The van der Waals surface area contributed by atoms with Crippen LogP contribution in [0.1, 0.15) is 46.0 Å². The van der Waals surface area contributed by atoms with E-state index in [-0.39, 0.29) is 18.8 Å². The van der Waals surface area contributed by atoms with Gasteiger partial charge in [0.1, 0.15) is 18.2 Å². The van der Waals surface area contributed by atoms with E-state index in [9.17, 15) is 24.3 Å². The lowest BCUT2D eigenvalue weighted by atomic mass is 9.92. The molecule has 0 radical (unpaired) electrons. The van der Waals surface area contributed by atoms with Crippen LogP contribution in [0.15, 0.2) is 12.2 Å². The molecule has 1 fully saturated rings. The molecule has 0 aromatic rings. The van der Waals surface area contributed by atoms with E-state index in [1.165, 1.54) is 10.8 Å². The molecule has 1 unspecified atom stereocenters. The number of amides is 3. The van der Waals surface area contributed by atoms with E-state index in [1.807, 2.05) is 26.2 Å². The molecule has 2 bridgehead atoms. The lowest BCUT2D eigenvalue weighted by Gasteiger charge is -2.31. The normalized spacial score (nSPS) is 30.6. The van der Waals surface area contributed by atoms with Gasteiger partial charge in [-0.1, -0.05) is 47.9 Å². The molecular weight excluding hydrogens is 510 g/mol. The zero-order chi connectivity index (χ0) is 25.8. The van der Waals surface area contributed by atoms with E-state index in [0.717, 1.165) is 5.75 Å². The van der Waals surface area contributed by atoms with Crippen molar-refractivity contribution in [2.45, 2.75) is 76.3 Å². The largest absolute Gasteiger partial charge is 0.457 e. The van der Waals surface area contributed by atoms with Crippen molar-refractivity contribution < 1.29 is 29.0 Å². The summed E-state index contributed by atoms with van der Waals surface area (Å²) in [5.41, 5.74) is 0. The van der Waals surface area contributed by atoms with Crippen molar-refractivity contribution in [2.75, 3.05) is 23.5 Å². The molecule has 12 heteroatoms. The second-order valence-electron chi connectivity index (χ2n) is 8.71. The van der Waals surface area contributed by atoms with Crippen LogP contribution in [0, 0.1) is 5.92 Å². The Morgan fingerprint density at radius 1 is 1.14 bits per heavy atom. The predicted octanol–water partition coefficient (Wildman–Crippen LogP) is 1.65. The third-order valence-corrected chi connectivity index (χ3v) is 9.05. The summed E-state index contributed by atoms with van der Waals surface area (Å²) in [7, 11) is 3.05. The minimum atomic E-state index is -1.18. The van der Waals surface area contributed by atoms with Gasteiger partial charge < -0.3 is 25.8 Å². The lowest BCUT2D eigenvalue weighted by Crippen LogP contribution is -2.58. The van der Waals surface area contributed by atoms with E-state index in [4.69, 9.17) is 4.74 Å². The van der Waals surface area contributed by atoms with Crippen LogP contribution in [0.25, 0.3) is 0 Å². The van der Waals surface area contributed by atoms with Crippen LogP contribution in [-0.4, -0.2) is 82.6 Å². The van der Waals surface area contributed by atoms with E-state index < -0.39 is 54.0 Å². The fourth-order valence-corrected chi connectivity index (χ4v) is 6.36. The maximum absolute atomic E-state index is 13.3. The van der Waals surface area contributed by atoms with Gasteiger partial charge in [0.2, 0.25) is 17.7 Å². The molecule has 9 nitrogen and oxygen atoms in total. The van der Waals surface area contributed by atoms with Crippen molar-refractivity contribution in [1.82, 2.24) is 16.0 Å². The van der Waals surface area contributed by atoms with Crippen molar-refractivity contribution in [3.63, 3.8) is 0 Å². The molecule has 0 saturated carbocycles. The van der Waals surface area contributed by atoms with Gasteiger partial charge in [-0.2, -0.15) is 11.8 Å². The second kappa shape index (κ2) is 15.7. The topological polar surface area (TPSA) is 134 Å². The quantitative estimate of drug-likeness (QED) is 0.230. The van der Waals surface area contributed by atoms with Crippen LogP contribution >= 0.6 is 33.3 Å². The molecule has 6 atom stereocenters. The summed E-state index contributed by atoms with van der Waals surface area (Å²) < 4.78 is 5.54. The number of carbonyl (C=O) groups excluding carboxylic acids is 4. The van der Waals surface area contributed by atoms with Gasteiger partial charge in [0.05, 0.1) is 25.0 Å². The zero-order valence-electron chi connectivity index (χ0n) is 20.5. The van der Waals surface area contributed by atoms with Crippen LogP contribution in [0.2, 0.25) is 0 Å². The Morgan fingerprint density at radius 3 is 2.63 bits per heavy atom. The number of nitrogens with one attached hydrogen (secondary N) is 3. The van der Waals surface area contributed by atoms with Crippen molar-refractivity contribution in [3.8, 4) is 0 Å². The maximum Gasteiger partial charge on any atom is 0.309 e. The van der Waals surface area contributed by atoms with E-state index in [2.05, 4.69) is 16.0 Å². The summed E-state index contributed by atoms with van der Waals surface area (Å²) >= 11 is 1.55. The Bertz CT molecular complexity index is 769. The molecule has 0 aromatic heterocycles. The predicted molar refractivity (Wildman–Crippen MR) is 142 cm³/mol. The highest BCUT2D eigenvalue weighted by Gasteiger charge is 2.34. The number of fused-ring (bicyclic) bond motifs is 7. The zero-order valence-corrected chi connectivity index (χ0v) is 22.9. The number of carbonyl (C=O) groups is 4. The van der Waals surface area contributed by atoms with Crippen LogP contribution < -0.4 is 16.0 Å². The molecule has 2 heterocycles. The number of hydrogen-bond acceptors (Lipinski definition) is 9. The first kappa shape index (κ1) is 29.9. The van der Waals surface area contributed by atoms with E-state index in [0.29, 0.717) is 30.8 Å². The average Bonchev–Trinajstić information content (AvgIpc) is 2.81. The standard InChI is InChI=1S/C23H37N3O6S3/c1-4-14(2)21-18(27)12-20(29)32-15-7-5-6-9-34-35-13-17(23(31)26-21)25-22(30)16(8-10-33-3)24-19(28)11-15/h5,7,14-18,21,27H,4,6,8-13H2,1-3H3,(H,24,28)(H,25,30)(H,26,31)/t14?,15-,16-,17-,18+,21-/m1/s1. The van der Waals surface area contributed by atoms with Gasteiger partial charge in [-0.15, -0.1) is 0 Å². The molecule has 0 aliphatic carbocycles. The number of rotatable bonds is 5. The van der Waals surface area contributed by atoms with Crippen LogP contribution in [0.3, 0.4) is 0 Å². The molecule has 2 rings (SSSR count). The lowest BCUT2D eigenvalue weighted by molar-refractivity contribution is -0.151. The van der Waals surface area contributed by atoms with E-state index >= 15 is 0 Å². The third-order valence-electron chi connectivity index (χ3n) is 5.96. The molecule has 198 valence electrons. The fraction of sp³-hybridized carbons (Fsp3) is 0.739. The first-order valence-electron chi connectivity index (χ1n) is 11.9. The van der Waals surface area contributed by atoms with Crippen LogP contribution in [-0.2, 0) is 23.9 Å². The number of aliphatic hydroxyl groups is 1. The maximum atomic E-state index is 13.3. The third kappa shape index (κ3) is 10.3. The number of allylic oxidation sites excluding steroid dienone is 1. The van der Waals surface area contributed by atoms with Gasteiger partial charge >= 0.3 is 5.97 Å². The summed E-state index contributed by atoms with van der Waals surface area (Å²) in [6, 6.07) is -2.39.